The number of benzene rings is 3. The van der Waals surface area contributed by atoms with E-state index in [0.29, 0.717) is 22.3 Å². The topological polar surface area (TPSA) is 79.9 Å². The number of fused-ring (bicyclic) bond motifs is 2. The average Bonchev–Trinajstić information content (AvgIpc) is 2.78. The number of halogens is 1. The summed E-state index contributed by atoms with van der Waals surface area (Å²) in [5.74, 6) is -0.526. The van der Waals surface area contributed by atoms with Crippen LogP contribution >= 0.6 is 15.9 Å². The molecule has 1 aliphatic heterocycles. The number of hydrogen-bond donors (Lipinski definition) is 2. The number of rotatable bonds is 3. The number of ether oxygens (including phenoxy) is 1. The van der Waals surface area contributed by atoms with E-state index in [9.17, 15) is 15.0 Å². The van der Waals surface area contributed by atoms with Crippen molar-refractivity contribution in [3.05, 3.63) is 122 Å². The molecule has 0 spiro atoms. The fraction of sp³-hybridized carbons (Fsp3) is 0.0385. The summed E-state index contributed by atoms with van der Waals surface area (Å²) < 4.78 is 12.3. The summed E-state index contributed by atoms with van der Waals surface area (Å²) in [4.78, 5) is 13.1. The van der Waals surface area contributed by atoms with Gasteiger partial charge in [0.05, 0.1) is 22.4 Å². The van der Waals surface area contributed by atoms with Crippen molar-refractivity contribution in [3.63, 3.8) is 0 Å². The van der Waals surface area contributed by atoms with Crippen LogP contribution in [-0.4, -0.2) is 10.2 Å². The summed E-state index contributed by atoms with van der Waals surface area (Å²) in [6.07, 6.45) is 0. The first-order chi connectivity index (χ1) is 15.5. The van der Waals surface area contributed by atoms with E-state index in [2.05, 4.69) is 22.5 Å². The van der Waals surface area contributed by atoms with Crippen LogP contribution in [0.3, 0.4) is 0 Å². The molecule has 1 unspecified atom stereocenters. The van der Waals surface area contributed by atoms with E-state index >= 15 is 0 Å². The van der Waals surface area contributed by atoms with Gasteiger partial charge in [-0.1, -0.05) is 58.9 Å². The molecule has 1 atom stereocenters. The van der Waals surface area contributed by atoms with Gasteiger partial charge >= 0.3 is 5.63 Å². The number of aliphatic hydroxyl groups excluding tert-OH is 1. The van der Waals surface area contributed by atoms with Gasteiger partial charge in [0, 0.05) is 10.0 Å². The van der Waals surface area contributed by atoms with Gasteiger partial charge in [-0.05, 0) is 42.0 Å². The molecule has 5 nitrogen and oxygen atoms in total. The van der Waals surface area contributed by atoms with Crippen molar-refractivity contribution in [3.8, 4) is 11.5 Å². The maximum Gasteiger partial charge on any atom is 0.344 e. The molecular formula is C26H17BrO5. The van der Waals surface area contributed by atoms with Crippen LogP contribution in [-0.2, 0) is 0 Å². The van der Waals surface area contributed by atoms with Gasteiger partial charge in [-0.2, -0.15) is 0 Å². The van der Waals surface area contributed by atoms with E-state index in [-0.39, 0.29) is 34.0 Å². The number of para-hydroxylation sites is 2. The van der Waals surface area contributed by atoms with E-state index in [1.54, 1.807) is 60.7 Å². The van der Waals surface area contributed by atoms with Gasteiger partial charge in [-0.15, -0.1) is 0 Å². The van der Waals surface area contributed by atoms with Crippen LogP contribution in [0.2, 0.25) is 0 Å². The lowest BCUT2D eigenvalue weighted by Gasteiger charge is -2.28. The normalized spacial score (nSPS) is 14.2. The third-order valence-corrected chi connectivity index (χ3v) is 6.06. The minimum atomic E-state index is -0.884. The van der Waals surface area contributed by atoms with Crippen molar-refractivity contribution in [1.29, 1.82) is 0 Å². The maximum absolute atomic E-state index is 13.1. The Morgan fingerprint density at radius 1 is 0.906 bits per heavy atom. The van der Waals surface area contributed by atoms with E-state index < -0.39 is 11.5 Å². The van der Waals surface area contributed by atoms with Crippen molar-refractivity contribution < 1.29 is 19.4 Å². The fourth-order valence-electron chi connectivity index (χ4n) is 4.05. The fourth-order valence-corrected chi connectivity index (χ4v) is 4.31. The highest BCUT2D eigenvalue weighted by Gasteiger charge is 2.35. The Morgan fingerprint density at radius 3 is 2.38 bits per heavy atom. The van der Waals surface area contributed by atoms with Crippen LogP contribution in [0, 0.1) is 0 Å². The van der Waals surface area contributed by atoms with Crippen molar-refractivity contribution in [2.24, 2.45) is 0 Å². The Labute approximate surface area is 191 Å². The molecule has 6 heteroatoms. The molecule has 0 bridgehead atoms. The monoisotopic (exact) mass is 488 g/mol. The molecule has 32 heavy (non-hydrogen) atoms. The van der Waals surface area contributed by atoms with Crippen molar-refractivity contribution in [2.75, 3.05) is 0 Å². The van der Waals surface area contributed by atoms with E-state index in [1.165, 1.54) is 0 Å². The lowest BCUT2D eigenvalue weighted by Crippen LogP contribution is -2.21. The second-order valence-electron chi connectivity index (χ2n) is 7.42. The predicted molar refractivity (Wildman–Crippen MR) is 126 cm³/mol. The molecular weight excluding hydrogens is 472 g/mol. The first-order valence-corrected chi connectivity index (χ1v) is 10.6. The van der Waals surface area contributed by atoms with E-state index in [0.717, 1.165) is 4.47 Å². The van der Waals surface area contributed by atoms with Crippen molar-refractivity contribution in [2.45, 2.75) is 5.92 Å². The zero-order chi connectivity index (χ0) is 22.4. The van der Waals surface area contributed by atoms with Gasteiger partial charge in [0.15, 0.2) is 0 Å². The molecule has 5 rings (SSSR count). The summed E-state index contributed by atoms with van der Waals surface area (Å²) in [5, 5.41) is 22.8. The molecule has 2 heterocycles. The van der Waals surface area contributed by atoms with Crippen LogP contribution < -0.4 is 10.4 Å². The molecule has 0 aliphatic carbocycles. The van der Waals surface area contributed by atoms with Gasteiger partial charge in [0.25, 0.3) is 0 Å². The molecule has 0 saturated heterocycles. The van der Waals surface area contributed by atoms with Crippen LogP contribution in [0.5, 0.6) is 11.5 Å². The van der Waals surface area contributed by atoms with Gasteiger partial charge in [0.2, 0.25) is 0 Å². The predicted octanol–water partition coefficient (Wildman–Crippen LogP) is 6.27. The molecule has 0 amide bonds. The number of hydrogen-bond acceptors (Lipinski definition) is 5. The summed E-state index contributed by atoms with van der Waals surface area (Å²) in [6.45, 7) is 3.99. The summed E-state index contributed by atoms with van der Waals surface area (Å²) >= 11 is 3.42. The highest BCUT2D eigenvalue weighted by Crippen LogP contribution is 2.46. The van der Waals surface area contributed by atoms with Crippen LogP contribution in [0.4, 0.5) is 0 Å². The van der Waals surface area contributed by atoms with E-state index in [1.807, 2.05) is 12.1 Å². The first kappa shape index (κ1) is 20.2. The zero-order valence-electron chi connectivity index (χ0n) is 16.7. The summed E-state index contributed by atoms with van der Waals surface area (Å²) in [7, 11) is 0. The SMILES string of the molecule is C=C1Oc2ccccc2C(O)=C1C(c1ccc(Br)cc1)c1c(O)c2ccccc2oc1=O. The van der Waals surface area contributed by atoms with Crippen LogP contribution in [0.25, 0.3) is 16.7 Å². The molecule has 3 aromatic carbocycles. The minimum absolute atomic E-state index is 0.00305. The Bertz CT molecular complexity index is 1460. The summed E-state index contributed by atoms with van der Waals surface area (Å²) in [6, 6.07) is 21.0. The molecule has 2 N–H and O–H groups in total. The lowest BCUT2D eigenvalue weighted by atomic mass is 9.81. The maximum atomic E-state index is 13.1. The van der Waals surface area contributed by atoms with Gasteiger partial charge in [-0.3, -0.25) is 0 Å². The Balaban J connectivity index is 1.85. The largest absolute Gasteiger partial charge is 0.507 e. The molecule has 0 fully saturated rings. The lowest BCUT2D eigenvalue weighted by molar-refractivity contribution is 0.399. The molecule has 1 aliphatic rings. The second kappa shape index (κ2) is 7.73. The van der Waals surface area contributed by atoms with E-state index in [4.69, 9.17) is 9.15 Å². The molecule has 158 valence electrons. The number of aromatic hydroxyl groups is 1. The van der Waals surface area contributed by atoms with Crippen LogP contribution in [0.15, 0.2) is 104 Å². The van der Waals surface area contributed by atoms with Crippen LogP contribution in [0.1, 0.15) is 22.6 Å². The Kier molecular flexibility index (Phi) is 4.87. The molecule has 4 aromatic rings. The third kappa shape index (κ3) is 3.20. The number of aliphatic hydroxyl groups is 1. The Morgan fingerprint density at radius 2 is 1.59 bits per heavy atom. The van der Waals surface area contributed by atoms with Gasteiger partial charge < -0.3 is 19.4 Å². The quantitative estimate of drug-likeness (QED) is 0.332. The molecule has 1 aromatic heterocycles. The average molecular weight is 489 g/mol. The number of allylic oxidation sites excluding steroid dienone is 1. The van der Waals surface area contributed by atoms with Gasteiger partial charge in [-0.25, -0.2) is 4.79 Å². The second-order valence-corrected chi connectivity index (χ2v) is 8.33. The van der Waals surface area contributed by atoms with Crippen molar-refractivity contribution in [1.82, 2.24) is 0 Å². The third-order valence-electron chi connectivity index (χ3n) is 5.53. The smallest absolute Gasteiger partial charge is 0.344 e. The molecule has 0 saturated carbocycles. The highest BCUT2D eigenvalue weighted by atomic mass is 79.9. The first-order valence-electron chi connectivity index (χ1n) is 9.85. The van der Waals surface area contributed by atoms with Gasteiger partial charge in [0.1, 0.15) is 28.6 Å². The van der Waals surface area contributed by atoms with Crippen molar-refractivity contribution >= 4 is 32.7 Å². The highest BCUT2D eigenvalue weighted by molar-refractivity contribution is 9.10. The zero-order valence-corrected chi connectivity index (χ0v) is 18.3. The Hall–Kier alpha value is -3.77. The molecule has 0 radical (unpaired) electrons. The minimum Gasteiger partial charge on any atom is -0.507 e. The standard InChI is InChI=1S/C26H17BrO5/c1-14-21(24(28)17-6-2-4-8-19(17)31-14)22(15-10-12-16(27)13-11-15)23-25(29)18-7-3-5-9-20(18)32-26(23)30/h2-13,22,28-29H,1H2. The summed E-state index contributed by atoms with van der Waals surface area (Å²) in [5.41, 5.74) is 0.968.